The number of ether oxygens (including phenoxy) is 2. The van der Waals surface area contributed by atoms with Crippen LogP contribution >= 0.6 is 11.3 Å². The van der Waals surface area contributed by atoms with Crippen LogP contribution in [-0.4, -0.2) is 30.1 Å². The number of anilines is 1. The van der Waals surface area contributed by atoms with Crippen molar-refractivity contribution in [1.82, 2.24) is 4.98 Å². The lowest BCUT2D eigenvalue weighted by molar-refractivity contribution is 0.0526. The van der Waals surface area contributed by atoms with Crippen LogP contribution in [0.3, 0.4) is 0 Å². The summed E-state index contributed by atoms with van der Waals surface area (Å²) in [5, 5.41) is 4.38. The molecule has 37 heavy (non-hydrogen) atoms. The number of hydrogen-bond acceptors (Lipinski definition) is 6. The van der Waals surface area contributed by atoms with Crippen LogP contribution in [0.4, 0.5) is 5.00 Å². The number of pyridine rings is 1. The van der Waals surface area contributed by atoms with E-state index in [9.17, 15) is 9.59 Å². The third-order valence-corrected chi connectivity index (χ3v) is 7.81. The van der Waals surface area contributed by atoms with Crippen molar-refractivity contribution in [2.75, 3.05) is 18.5 Å². The maximum absolute atomic E-state index is 13.8. The van der Waals surface area contributed by atoms with Crippen LogP contribution < -0.4 is 10.1 Å². The van der Waals surface area contributed by atoms with E-state index >= 15 is 0 Å². The summed E-state index contributed by atoms with van der Waals surface area (Å²) in [7, 11) is 0. The molecular formula is C30H30N2O4S. The zero-order valence-corrected chi connectivity index (χ0v) is 22.1. The van der Waals surface area contributed by atoms with Crippen LogP contribution in [0.15, 0.2) is 54.6 Å². The molecule has 1 N–H and O–H groups in total. The Morgan fingerprint density at radius 1 is 1.08 bits per heavy atom. The molecule has 0 saturated heterocycles. The fourth-order valence-corrected chi connectivity index (χ4v) is 6.22. The topological polar surface area (TPSA) is 77.5 Å². The maximum atomic E-state index is 13.8. The largest absolute Gasteiger partial charge is 0.494 e. The fourth-order valence-electron chi connectivity index (χ4n) is 4.83. The highest BCUT2D eigenvalue weighted by Gasteiger charge is 2.29. The van der Waals surface area contributed by atoms with Crippen LogP contribution in [0, 0.1) is 5.92 Å². The van der Waals surface area contributed by atoms with E-state index in [-0.39, 0.29) is 18.5 Å². The Morgan fingerprint density at radius 3 is 2.62 bits per heavy atom. The van der Waals surface area contributed by atoms with Crippen molar-refractivity contribution in [2.24, 2.45) is 5.92 Å². The smallest absolute Gasteiger partial charge is 0.341 e. The Labute approximate surface area is 220 Å². The highest BCUT2D eigenvalue weighted by atomic mass is 32.1. The number of carbonyl (C=O) groups is 2. The molecule has 5 rings (SSSR count). The van der Waals surface area contributed by atoms with Crippen LogP contribution in [0.25, 0.3) is 22.2 Å². The van der Waals surface area contributed by atoms with E-state index in [0.717, 1.165) is 51.9 Å². The highest BCUT2D eigenvalue weighted by molar-refractivity contribution is 7.17. The minimum Gasteiger partial charge on any atom is -0.494 e. The van der Waals surface area contributed by atoms with Gasteiger partial charge in [-0.05, 0) is 81.0 Å². The number of amides is 1. The van der Waals surface area contributed by atoms with Gasteiger partial charge >= 0.3 is 5.97 Å². The molecule has 0 radical (unpaired) electrons. The summed E-state index contributed by atoms with van der Waals surface area (Å²) < 4.78 is 10.9. The Morgan fingerprint density at radius 2 is 1.86 bits per heavy atom. The third kappa shape index (κ3) is 5.09. The number of nitrogens with zero attached hydrogens (tertiary/aromatic N) is 1. The summed E-state index contributed by atoms with van der Waals surface area (Å²) in [5.41, 5.74) is 4.33. The number of carbonyl (C=O) groups excluding carboxylic acids is 2. The molecule has 1 aliphatic carbocycles. The van der Waals surface area contributed by atoms with Crippen LogP contribution in [0.1, 0.15) is 58.3 Å². The van der Waals surface area contributed by atoms with Gasteiger partial charge in [0, 0.05) is 15.8 Å². The second kappa shape index (κ2) is 10.7. The average Bonchev–Trinajstić information content (AvgIpc) is 3.25. The molecule has 1 aliphatic rings. The third-order valence-electron chi connectivity index (χ3n) is 6.64. The molecule has 0 fully saturated rings. The standard InChI is InChI=1S/C30H30N2O4S/c1-4-35-20-13-11-19(12-14-20)25-17-23(21-8-6-7-9-24(21)31-25)28(33)32-29-27(30(34)36-5-2)22-15-10-18(3)16-26(22)37-29/h6-9,11-14,17-18H,4-5,10,15-16H2,1-3H3,(H,32,33). The van der Waals surface area contributed by atoms with Gasteiger partial charge in [-0.25, -0.2) is 9.78 Å². The first-order valence-corrected chi connectivity index (χ1v) is 13.6. The molecule has 4 aromatic rings. The van der Waals surface area contributed by atoms with Gasteiger partial charge in [0.2, 0.25) is 0 Å². The van der Waals surface area contributed by atoms with Gasteiger partial charge in [-0.1, -0.05) is 25.1 Å². The van der Waals surface area contributed by atoms with Gasteiger partial charge in [-0.2, -0.15) is 0 Å². The molecule has 2 heterocycles. The molecule has 0 bridgehead atoms. The number of nitrogens with one attached hydrogen (secondary N) is 1. The molecule has 0 spiro atoms. The van der Waals surface area contributed by atoms with Gasteiger partial charge in [0.15, 0.2) is 0 Å². The van der Waals surface area contributed by atoms with Crippen LogP contribution in [0.2, 0.25) is 0 Å². The number of benzene rings is 2. The molecule has 0 aliphatic heterocycles. The Balaban J connectivity index is 1.54. The van der Waals surface area contributed by atoms with Gasteiger partial charge in [-0.3, -0.25) is 4.79 Å². The van der Waals surface area contributed by atoms with E-state index in [4.69, 9.17) is 14.5 Å². The van der Waals surface area contributed by atoms with Crippen LogP contribution in [0.5, 0.6) is 5.75 Å². The molecule has 7 heteroatoms. The number of para-hydroxylation sites is 1. The second-order valence-corrected chi connectivity index (χ2v) is 10.4. The predicted molar refractivity (Wildman–Crippen MR) is 148 cm³/mol. The zero-order valence-electron chi connectivity index (χ0n) is 21.3. The van der Waals surface area contributed by atoms with Gasteiger partial charge in [0.05, 0.1) is 35.6 Å². The summed E-state index contributed by atoms with van der Waals surface area (Å²) in [5.74, 6) is 0.681. The molecule has 6 nitrogen and oxygen atoms in total. The van der Waals surface area contributed by atoms with E-state index in [2.05, 4.69) is 12.2 Å². The van der Waals surface area contributed by atoms with Crippen molar-refractivity contribution in [1.29, 1.82) is 0 Å². The molecule has 0 saturated carbocycles. The maximum Gasteiger partial charge on any atom is 0.341 e. The zero-order chi connectivity index (χ0) is 25.9. The molecule has 190 valence electrons. The van der Waals surface area contributed by atoms with Crippen molar-refractivity contribution in [3.8, 4) is 17.0 Å². The van der Waals surface area contributed by atoms with E-state index in [1.54, 1.807) is 6.92 Å². The average molecular weight is 515 g/mol. The summed E-state index contributed by atoms with van der Waals surface area (Å²) in [4.78, 5) is 32.7. The highest BCUT2D eigenvalue weighted by Crippen LogP contribution is 2.40. The molecule has 1 amide bonds. The lowest BCUT2D eigenvalue weighted by atomic mass is 9.88. The number of fused-ring (bicyclic) bond motifs is 2. The number of thiophene rings is 1. The predicted octanol–water partition coefficient (Wildman–Crippen LogP) is 6.92. The SMILES string of the molecule is CCOC(=O)c1c(NC(=O)c2cc(-c3ccc(OCC)cc3)nc3ccccc23)sc2c1CCC(C)C2. The lowest BCUT2D eigenvalue weighted by Crippen LogP contribution is -2.17. The molecule has 2 aromatic carbocycles. The molecule has 1 atom stereocenters. The summed E-state index contributed by atoms with van der Waals surface area (Å²) in [6, 6.07) is 17.1. The van der Waals surface area contributed by atoms with E-state index in [1.165, 1.54) is 11.3 Å². The number of hydrogen-bond donors (Lipinski definition) is 1. The van der Waals surface area contributed by atoms with Crippen molar-refractivity contribution in [3.05, 3.63) is 76.2 Å². The van der Waals surface area contributed by atoms with E-state index in [0.29, 0.717) is 34.3 Å². The number of esters is 1. The van der Waals surface area contributed by atoms with E-state index in [1.807, 2.05) is 61.5 Å². The quantitative estimate of drug-likeness (QED) is 0.271. The second-order valence-electron chi connectivity index (χ2n) is 9.26. The van der Waals surface area contributed by atoms with Gasteiger partial charge in [-0.15, -0.1) is 11.3 Å². The van der Waals surface area contributed by atoms with Gasteiger partial charge < -0.3 is 14.8 Å². The first-order valence-electron chi connectivity index (χ1n) is 12.7. The lowest BCUT2D eigenvalue weighted by Gasteiger charge is -2.18. The fraction of sp³-hybridized carbons (Fsp3) is 0.300. The number of rotatable bonds is 7. The summed E-state index contributed by atoms with van der Waals surface area (Å²) >= 11 is 1.49. The molecular weight excluding hydrogens is 484 g/mol. The Kier molecular flexibility index (Phi) is 7.24. The first kappa shape index (κ1) is 25.0. The van der Waals surface area contributed by atoms with Gasteiger partial charge in [0.25, 0.3) is 5.91 Å². The van der Waals surface area contributed by atoms with Crippen molar-refractivity contribution < 1.29 is 19.1 Å². The normalized spacial score (nSPS) is 14.7. The van der Waals surface area contributed by atoms with Crippen LogP contribution in [-0.2, 0) is 17.6 Å². The summed E-state index contributed by atoms with van der Waals surface area (Å²) in [6.45, 7) is 6.84. The minimum atomic E-state index is -0.375. The molecule has 2 aromatic heterocycles. The monoisotopic (exact) mass is 514 g/mol. The Bertz CT molecular complexity index is 1460. The summed E-state index contributed by atoms with van der Waals surface area (Å²) in [6.07, 6.45) is 2.74. The number of aromatic nitrogens is 1. The van der Waals surface area contributed by atoms with E-state index < -0.39 is 0 Å². The van der Waals surface area contributed by atoms with Crippen molar-refractivity contribution in [3.63, 3.8) is 0 Å². The minimum absolute atomic E-state index is 0.275. The first-order chi connectivity index (χ1) is 18.0. The van der Waals surface area contributed by atoms with Gasteiger partial charge in [0.1, 0.15) is 10.8 Å². The Hall–Kier alpha value is -3.71. The van der Waals surface area contributed by atoms with Crippen molar-refractivity contribution in [2.45, 2.75) is 40.0 Å². The van der Waals surface area contributed by atoms with Crippen molar-refractivity contribution >= 4 is 39.1 Å². The molecule has 1 unspecified atom stereocenters.